The number of ether oxygens (including phenoxy) is 3. The van der Waals surface area contributed by atoms with Gasteiger partial charge in [-0.3, -0.25) is 18.7 Å². The number of aromatic nitrogens is 4. The molecule has 49 heavy (non-hydrogen) atoms. The first-order chi connectivity index (χ1) is 23.1. The van der Waals surface area contributed by atoms with Crippen molar-refractivity contribution < 1.29 is 52.7 Å². The number of anilines is 1. The molecular formula is C31H39N6O11P. The zero-order valence-electron chi connectivity index (χ0n) is 27.6. The van der Waals surface area contributed by atoms with E-state index in [0.29, 0.717) is 5.39 Å². The molecule has 0 spiro atoms. The van der Waals surface area contributed by atoms with E-state index in [1.54, 1.807) is 45.0 Å². The number of nitrogen functional groups attached to an aromatic ring is 1. The molecule has 0 aliphatic carbocycles. The van der Waals surface area contributed by atoms with Crippen molar-refractivity contribution in [2.75, 3.05) is 26.6 Å². The van der Waals surface area contributed by atoms with E-state index >= 15 is 0 Å². The second-order valence-electron chi connectivity index (χ2n) is 12.2. The summed E-state index contributed by atoms with van der Waals surface area (Å²) >= 11 is 0. The molecular weight excluding hydrogens is 663 g/mol. The maximum absolute atomic E-state index is 14.3. The van der Waals surface area contributed by atoms with Gasteiger partial charge in [-0.1, -0.05) is 38.1 Å². The number of nitrogens with two attached hydrogens (primary N) is 1. The van der Waals surface area contributed by atoms with E-state index in [0.717, 1.165) is 10.9 Å². The summed E-state index contributed by atoms with van der Waals surface area (Å²) < 4.78 is 43.3. The monoisotopic (exact) mass is 702 g/mol. The zero-order chi connectivity index (χ0) is 35.8. The van der Waals surface area contributed by atoms with Crippen LogP contribution in [0.25, 0.3) is 21.9 Å². The summed E-state index contributed by atoms with van der Waals surface area (Å²) in [6.07, 6.45) is -2.84. The molecule has 1 fully saturated rings. The standard InChI is InChI=1S/C31H39N6O11P/c1-15(2)22(27(39)40)36-49(43,48-20-10-9-18-11-17(7-8-19(18)12-20)16(3)28(41)45-6)46-13-21-24(38)31(4,42)29(47-21)37-14-33-23-25(37)34-30(32)35-26(23)44-5/h7-12,14-16,21-22,24,29,38,42H,13H2,1-6H3,(H,36,43)(H,39,40)(H2,32,34,35)/t16-,21+,22?,24+,29?,31+,49?/m0/s1. The Labute approximate surface area is 280 Å². The number of aliphatic hydroxyl groups is 2. The highest BCUT2D eigenvalue weighted by Gasteiger charge is 2.54. The van der Waals surface area contributed by atoms with Gasteiger partial charge in [0.1, 0.15) is 29.6 Å². The number of rotatable bonds is 13. The molecule has 0 bridgehead atoms. The van der Waals surface area contributed by atoms with Crippen molar-refractivity contribution in [2.24, 2.45) is 5.92 Å². The lowest BCUT2D eigenvalue weighted by Gasteiger charge is -2.28. The SMILES string of the molecule is COC(=O)[C@@H](C)c1ccc2cc(OP(=O)(NC(C(=O)O)C(C)C)OC[C@H]3OC(n4cnc5c(OC)nc(N)nc54)[C@](C)(O)[C@@H]3O)ccc2c1. The Hall–Kier alpha value is -4.38. The van der Waals surface area contributed by atoms with Gasteiger partial charge in [0, 0.05) is 0 Å². The number of carbonyl (C=O) groups is 2. The number of carboxylic acid groups (broad SMARTS) is 1. The van der Waals surface area contributed by atoms with Crippen molar-refractivity contribution in [3.8, 4) is 11.6 Å². The fraction of sp³-hybridized carbons (Fsp3) is 0.452. The highest BCUT2D eigenvalue weighted by Crippen LogP contribution is 2.48. The fourth-order valence-electron chi connectivity index (χ4n) is 5.54. The Balaban J connectivity index is 1.41. The van der Waals surface area contributed by atoms with Crippen LogP contribution in [-0.4, -0.2) is 91.5 Å². The number of nitrogens with zero attached hydrogens (tertiary/aromatic N) is 4. The molecule has 5 rings (SSSR count). The molecule has 0 radical (unpaired) electrons. The Kier molecular flexibility index (Phi) is 10.2. The molecule has 7 atom stereocenters. The summed E-state index contributed by atoms with van der Waals surface area (Å²) in [6, 6.07) is 8.76. The van der Waals surface area contributed by atoms with Gasteiger partial charge < -0.3 is 39.8 Å². The van der Waals surface area contributed by atoms with E-state index in [1.807, 2.05) is 6.07 Å². The number of aliphatic carboxylic acids is 1. The fourth-order valence-corrected chi connectivity index (χ4v) is 7.20. The van der Waals surface area contributed by atoms with E-state index in [9.17, 15) is 29.5 Å². The Bertz CT molecular complexity index is 1920. The van der Waals surface area contributed by atoms with Gasteiger partial charge in [-0.05, 0) is 48.2 Å². The first kappa shape index (κ1) is 35.9. The average Bonchev–Trinajstić information content (AvgIpc) is 3.57. The number of esters is 1. The van der Waals surface area contributed by atoms with E-state index in [1.165, 1.54) is 38.1 Å². The first-order valence-electron chi connectivity index (χ1n) is 15.2. The number of imidazole rings is 1. The van der Waals surface area contributed by atoms with Crippen LogP contribution in [-0.2, 0) is 28.2 Å². The van der Waals surface area contributed by atoms with Crippen LogP contribution < -0.4 is 20.1 Å². The van der Waals surface area contributed by atoms with Crippen LogP contribution in [0.4, 0.5) is 5.95 Å². The lowest BCUT2D eigenvalue weighted by molar-refractivity contribution is -0.142. The van der Waals surface area contributed by atoms with Crippen LogP contribution in [0.5, 0.6) is 11.6 Å². The summed E-state index contributed by atoms with van der Waals surface area (Å²) in [5.74, 6) is -2.67. The number of carboxylic acids is 1. The molecule has 1 saturated heterocycles. The van der Waals surface area contributed by atoms with Gasteiger partial charge in [0.05, 0.1) is 33.1 Å². The molecule has 18 heteroatoms. The minimum Gasteiger partial charge on any atom is -0.480 e. The third-order valence-corrected chi connectivity index (χ3v) is 9.90. The van der Waals surface area contributed by atoms with Crippen molar-refractivity contribution in [1.82, 2.24) is 24.6 Å². The molecule has 1 aliphatic heterocycles. The average molecular weight is 703 g/mol. The molecule has 1 aliphatic rings. The summed E-state index contributed by atoms with van der Waals surface area (Å²) in [6.45, 7) is 5.69. The molecule has 2 aromatic heterocycles. The van der Waals surface area contributed by atoms with E-state index < -0.39 is 62.2 Å². The van der Waals surface area contributed by atoms with Crippen molar-refractivity contribution >= 4 is 47.6 Å². The maximum atomic E-state index is 14.3. The highest BCUT2D eigenvalue weighted by molar-refractivity contribution is 7.52. The van der Waals surface area contributed by atoms with Crippen molar-refractivity contribution in [3.05, 3.63) is 48.3 Å². The number of aliphatic hydroxyl groups excluding tert-OH is 1. The lowest BCUT2D eigenvalue weighted by atomic mass is 9.96. The van der Waals surface area contributed by atoms with Crippen LogP contribution in [0.3, 0.4) is 0 Å². The second kappa shape index (κ2) is 13.9. The molecule has 0 saturated carbocycles. The third kappa shape index (κ3) is 7.18. The van der Waals surface area contributed by atoms with Gasteiger partial charge >= 0.3 is 19.7 Å². The number of benzene rings is 2. The topological polar surface area (TPSA) is 240 Å². The smallest absolute Gasteiger partial charge is 0.459 e. The van der Waals surface area contributed by atoms with Crippen molar-refractivity contribution in [2.45, 2.75) is 63.7 Å². The van der Waals surface area contributed by atoms with Gasteiger partial charge in [-0.25, -0.2) is 9.55 Å². The zero-order valence-corrected chi connectivity index (χ0v) is 28.5. The molecule has 6 N–H and O–H groups in total. The molecule has 4 aromatic rings. The van der Waals surface area contributed by atoms with Crippen LogP contribution in [0.2, 0.25) is 0 Å². The van der Waals surface area contributed by atoms with E-state index in [-0.39, 0.29) is 34.7 Å². The van der Waals surface area contributed by atoms with Gasteiger partial charge in [0.2, 0.25) is 11.8 Å². The van der Waals surface area contributed by atoms with Crippen molar-refractivity contribution in [1.29, 1.82) is 0 Å². The first-order valence-corrected chi connectivity index (χ1v) is 16.8. The lowest BCUT2D eigenvalue weighted by Crippen LogP contribution is -2.45. The van der Waals surface area contributed by atoms with Crippen LogP contribution in [0, 0.1) is 5.92 Å². The van der Waals surface area contributed by atoms with Crippen LogP contribution in [0.15, 0.2) is 42.7 Å². The summed E-state index contributed by atoms with van der Waals surface area (Å²) in [5.41, 5.74) is 4.99. The van der Waals surface area contributed by atoms with Crippen molar-refractivity contribution in [3.63, 3.8) is 0 Å². The molecule has 0 amide bonds. The third-order valence-electron chi connectivity index (χ3n) is 8.36. The number of carbonyl (C=O) groups excluding carboxylic acids is 1. The number of hydrogen-bond acceptors (Lipinski definition) is 14. The van der Waals surface area contributed by atoms with Gasteiger partial charge in [0.15, 0.2) is 17.4 Å². The Morgan fingerprint density at radius 2 is 1.84 bits per heavy atom. The van der Waals surface area contributed by atoms with Gasteiger partial charge in [-0.2, -0.15) is 15.1 Å². The predicted octanol–water partition coefficient (Wildman–Crippen LogP) is 2.76. The largest absolute Gasteiger partial charge is 0.480 e. The van der Waals surface area contributed by atoms with Crippen LogP contribution in [0.1, 0.15) is 45.4 Å². The number of hydrogen-bond donors (Lipinski definition) is 5. The minimum absolute atomic E-state index is 0.0823. The molecule has 2 aromatic carbocycles. The summed E-state index contributed by atoms with van der Waals surface area (Å²) in [7, 11) is -1.82. The normalized spacial score (nSPS) is 23.3. The molecule has 17 nitrogen and oxygen atoms in total. The van der Waals surface area contributed by atoms with Gasteiger partial charge in [-0.15, -0.1) is 0 Å². The second-order valence-corrected chi connectivity index (χ2v) is 13.9. The quantitative estimate of drug-likeness (QED) is 0.0994. The van der Waals surface area contributed by atoms with E-state index in [4.69, 9.17) is 29.0 Å². The number of methoxy groups -OCH3 is 2. The molecule has 3 unspecified atom stereocenters. The maximum Gasteiger partial charge on any atom is 0.459 e. The van der Waals surface area contributed by atoms with E-state index in [2.05, 4.69) is 20.0 Å². The summed E-state index contributed by atoms with van der Waals surface area (Å²) in [4.78, 5) is 36.5. The summed E-state index contributed by atoms with van der Waals surface area (Å²) in [5, 5.41) is 36.3. The Morgan fingerprint density at radius 1 is 1.14 bits per heavy atom. The predicted molar refractivity (Wildman–Crippen MR) is 175 cm³/mol. The minimum atomic E-state index is -4.52. The van der Waals surface area contributed by atoms with Crippen LogP contribution >= 0.6 is 7.75 Å². The molecule has 264 valence electrons. The number of fused-ring (bicyclic) bond motifs is 2. The highest BCUT2D eigenvalue weighted by atomic mass is 31.2. The number of nitrogens with one attached hydrogen (secondary N) is 1. The van der Waals surface area contributed by atoms with Gasteiger partial charge in [0.25, 0.3) is 0 Å². The Morgan fingerprint density at radius 3 is 2.49 bits per heavy atom. The molecule has 3 heterocycles.